The number of aromatic nitrogens is 3. The molecule has 3 aromatic carbocycles. The zero-order valence-corrected chi connectivity index (χ0v) is 17.7. The van der Waals surface area contributed by atoms with E-state index in [4.69, 9.17) is 9.47 Å². The van der Waals surface area contributed by atoms with Gasteiger partial charge in [-0.1, -0.05) is 42.5 Å². The molecular formula is C25H24N4O3. The van der Waals surface area contributed by atoms with Crippen molar-refractivity contribution < 1.29 is 14.3 Å². The van der Waals surface area contributed by atoms with E-state index >= 15 is 0 Å². The number of hydrogen-bond donors (Lipinski definition) is 1. The van der Waals surface area contributed by atoms with Gasteiger partial charge in [0.05, 0.1) is 11.7 Å². The van der Waals surface area contributed by atoms with Crippen LogP contribution in [0, 0.1) is 0 Å². The third kappa shape index (κ3) is 5.72. The Morgan fingerprint density at radius 1 is 0.938 bits per heavy atom. The Morgan fingerprint density at radius 2 is 1.62 bits per heavy atom. The van der Waals surface area contributed by atoms with E-state index in [0.29, 0.717) is 12.4 Å². The van der Waals surface area contributed by atoms with Gasteiger partial charge >= 0.3 is 0 Å². The van der Waals surface area contributed by atoms with Crippen molar-refractivity contribution in [2.75, 3.05) is 6.61 Å². The number of carbonyl (C=O) groups excluding carboxylic acids is 1. The van der Waals surface area contributed by atoms with Crippen molar-refractivity contribution in [2.45, 2.75) is 19.6 Å². The van der Waals surface area contributed by atoms with Gasteiger partial charge in [0, 0.05) is 0 Å². The van der Waals surface area contributed by atoms with Crippen molar-refractivity contribution in [3.05, 3.63) is 103 Å². The quantitative estimate of drug-likeness (QED) is 0.434. The molecule has 7 heteroatoms. The number of hydrogen-bond acceptors (Lipinski definition) is 5. The van der Waals surface area contributed by atoms with Crippen LogP contribution in [0.2, 0.25) is 0 Å². The van der Waals surface area contributed by atoms with Crippen molar-refractivity contribution in [2.24, 2.45) is 0 Å². The Hall–Kier alpha value is -4.13. The average molecular weight is 428 g/mol. The fourth-order valence-corrected chi connectivity index (χ4v) is 3.15. The Labute approximate surface area is 186 Å². The van der Waals surface area contributed by atoms with Crippen molar-refractivity contribution >= 4 is 5.91 Å². The van der Waals surface area contributed by atoms with Gasteiger partial charge in [-0.3, -0.25) is 4.79 Å². The van der Waals surface area contributed by atoms with Crippen LogP contribution < -0.4 is 14.8 Å². The molecule has 0 aliphatic carbocycles. The van der Waals surface area contributed by atoms with E-state index in [9.17, 15) is 4.79 Å². The van der Waals surface area contributed by atoms with E-state index in [1.165, 1.54) is 6.33 Å². The molecule has 1 amide bonds. The predicted molar refractivity (Wildman–Crippen MR) is 121 cm³/mol. The SMILES string of the molecule is CC(NC(=O)COc1ccc(OCc2ccccc2)cc1)c1ccc(-n2cncn2)cc1. The molecule has 0 fully saturated rings. The molecule has 0 saturated heterocycles. The standard InChI is InChI=1S/C25H24N4O3/c1-19(21-7-9-22(10-8-21)29-18-26-17-27-29)28-25(30)16-32-24-13-11-23(12-14-24)31-15-20-5-3-2-4-6-20/h2-14,17-19H,15-16H2,1H3,(H,28,30). The van der Waals surface area contributed by atoms with Gasteiger partial charge in [-0.2, -0.15) is 5.10 Å². The first-order valence-corrected chi connectivity index (χ1v) is 10.3. The normalized spacial score (nSPS) is 11.5. The molecule has 4 aromatic rings. The van der Waals surface area contributed by atoms with E-state index < -0.39 is 0 Å². The van der Waals surface area contributed by atoms with Gasteiger partial charge in [0.15, 0.2) is 6.61 Å². The summed E-state index contributed by atoms with van der Waals surface area (Å²) >= 11 is 0. The van der Waals surface area contributed by atoms with Crippen LogP contribution in [0.3, 0.4) is 0 Å². The lowest BCUT2D eigenvalue weighted by molar-refractivity contribution is -0.123. The number of nitrogens with zero attached hydrogens (tertiary/aromatic N) is 3. The monoisotopic (exact) mass is 428 g/mol. The summed E-state index contributed by atoms with van der Waals surface area (Å²) in [5, 5.41) is 7.05. The molecule has 0 bridgehead atoms. The second kappa shape index (κ2) is 10.3. The van der Waals surface area contributed by atoms with Gasteiger partial charge in [-0.05, 0) is 54.4 Å². The van der Waals surface area contributed by atoms with Crippen LogP contribution in [0.1, 0.15) is 24.1 Å². The van der Waals surface area contributed by atoms with E-state index in [1.54, 1.807) is 23.1 Å². The maximum atomic E-state index is 12.3. The van der Waals surface area contributed by atoms with Crippen molar-refractivity contribution in [3.8, 4) is 17.2 Å². The highest BCUT2D eigenvalue weighted by Crippen LogP contribution is 2.19. The first-order chi connectivity index (χ1) is 15.7. The Balaban J connectivity index is 1.22. The number of rotatable bonds is 9. The van der Waals surface area contributed by atoms with Crippen LogP contribution in [-0.2, 0) is 11.4 Å². The molecule has 0 spiro atoms. The minimum absolute atomic E-state index is 0.0639. The molecule has 1 N–H and O–H groups in total. The summed E-state index contributed by atoms with van der Waals surface area (Å²) in [4.78, 5) is 16.2. The van der Waals surface area contributed by atoms with E-state index in [2.05, 4.69) is 15.4 Å². The first-order valence-electron chi connectivity index (χ1n) is 10.3. The van der Waals surface area contributed by atoms with Crippen molar-refractivity contribution in [1.82, 2.24) is 20.1 Å². The maximum absolute atomic E-state index is 12.3. The second-order valence-corrected chi connectivity index (χ2v) is 7.26. The third-order valence-electron chi connectivity index (χ3n) is 4.90. The van der Waals surface area contributed by atoms with Crippen LogP contribution in [0.5, 0.6) is 11.5 Å². The van der Waals surface area contributed by atoms with Crippen LogP contribution in [0.15, 0.2) is 91.5 Å². The maximum Gasteiger partial charge on any atom is 0.258 e. The molecule has 32 heavy (non-hydrogen) atoms. The molecular weight excluding hydrogens is 404 g/mol. The highest BCUT2D eigenvalue weighted by Gasteiger charge is 2.11. The highest BCUT2D eigenvalue weighted by molar-refractivity contribution is 5.78. The van der Waals surface area contributed by atoms with Crippen molar-refractivity contribution in [3.63, 3.8) is 0 Å². The second-order valence-electron chi connectivity index (χ2n) is 7.26. The lowest BCUT2D eigenvalue weighted by Crippen LogP contribution is -2.31. The number of benzene rings is 3. The third-order valence-corrected chi connectivity index (χ3v) is 4.90. The van der Waals surface area contributed by atoms with Crippen LogP contribution >= 0.6 is 0 Å². The number of carbonyl (C=O) groups is 1. The molecule has 162 valence electrons. The molecule has 1 heterocycles. The summed E-state index contributed by atoms with van der Waals surface area (Å²) in [6.45, 7) is 2.37. The lowest BCUT2D eigenvalue weighted by atomic mass is 10.1. The molecule has 7 nitrogen and oxygen atoms in total. The molecule has 4 rings (SSSR count). The number of amides is 1. The van der Waals surface area contributed by atoms with E-state index in [1.807, 2.05) is 73.7 Å². The Bertz CT molecular complexity index is 1110. The minimum Gasteiger partial charge on any atom is -0.489 e. The van der Waals surface area contributed by atoms with Gasteiger partial charge in [-0.15, -0.1) is 0 Å². The molecule has 1 unspecified atom stereocenters. The molecule has 0 radical (unpaired) electrons. The largest absolute Gasteiger partial charge is 0.489 e. The topological polar surface area (TPSA) is 78.3 Å². The van der Waals surface area contributed by atoms with E-state index in [0.717, 1.165) is 22.6 Å². The summed E-state index contributed by atoms with van der Waals surface area (Å²) in [6.07, 6.45) is 3.13. The Kier molecular flexibility index (Phi) is 6.77. The van der Waals surface area contributed by atoms with Crippen molar-refractivity contribution in [1.29, 1.82) is 0 Å². The summed E-state index contributed by atoms with van der Waals surface area (Å²) in [5.41, 5.74) is 3.00. The number of ether oxygens (including phenoxy) is 2. The zero-order valence-electron chi connectivity index (χ0n) is 17.7. The Morgan fingerprint density at radius 3 is 2.28 bits per heavy atom. The molecule has 0 aliphatic rings. The lowest BCUT2D eigenvalue weighted by Gasteiger charge is -2.15. The summed E-state index contributed by atoms with van der Waals surface area (Å²) < 4.78 is 13.0. The predicted octanol–water partition coefficient (Wildman–Crippen LogP) is 4.10. The smallest absolute Gasteiger partial charge is 0.258 e. The first kappa shape index (κ1) is 21.1. The summed E-state index contributed by atoms with van der Waals surface area (Å²) in [5.74, 6) is 1.16. The van der Waals surface area contributed by atoms with Crippen LogP contribution in [-0.4, -0.2) is 27.3 Å². The van der Waals surface area contributed by atoms with Gasteiger partial charge in [0.2, 0.25) is 0 Å². The summed E-state index contributed by atoms with van der Waals surface area (Å²) in [6, 6.07) is 24.8. The minimum atomic E-state index is -0.192. The summed E-state index contributed by atoms with van der Waals surface area (Å²) in [7, 11) is 0. The molecule has 1 atom stereocenters. The zero-order chi connectivity index (χ0) is 22.2. The molecule has 0 saturated carbocycles. The fourth-order valence-electron chi connectivity index (χ4n) is 3.15. The van der Waals surface area contributed by atoms with Gasteiger partial charge in [0.25, 0.3) is 5.91 Å². The van der Waals surface area contributed by atoms with Gasteiger partial charge in [-0.25, -0.2) is 9.67 Å². The molecule has 0 aliphatic heterocycles. The van der Waals surface area contributed by atoms with Gasteiger partial charge in [0.1, 0.15) is 30.8 Å². The highest BCUT2D eigenvalue weighted by atomic mass is 16.5. The van der Waals surface area contributed by atoms with Crippen LogP contribution in [0.4, 0.5) is 0 Å². The fraction of sp³-hybridized carbons (Fsp3) is 0.160. The number of nitrogens with one attached hydrogen (secondary N) is 1. The van der Waals surface area contributed by atoms with Gasteiger partial charge < -0.3 is 14.8 Å². The van der Waals surface area contributed by atoms with E-state index in [-0.39, 0.29) is 18.6 Å². The molecule has 1 aromatic heterocycles. The van der Waals surface area contributed by atoms with Crippen LogP contribution in [0.25, 0.3) is 5.69 Å². The average Bonchev–Trinajstić information content (AvgIpc) is 3.38.